The van der Waals surface area contributed by atoms with Crippen LogP contribution in [0.3, 0.4) is 0 Å². The fourth-order valence-electron chi connectivity index (χ4n) is 4.74. The first-order chi connectivity index (χ1) is 14.0. The Morgan fingerprint density at radius 2 is 1.83 bits per heavy atom. The summed E-state index contributed by atoms with van der Waals surface area (Å²) in [5.41, 5.74) is 0.00475. The van der Waals surface area contributed by atoms with Crippen LogP contribution >= 0.6 is 0 Å². The Hall–Kier alpha value is -1.34. The van der Waals surface area contributed by atoms with Crippen molar-refractivity contribution in [1.82, 2.24) is 20.4 Å². The smallest absolute Gasteiger partial charge is 0.225 e. The lowest BCUT2D eigenvalue weighted by atomic mass is 9.88. The van der Waals surface area contributed by atoms with Gasteiger partial charge in [0.25, 0.3) is 0 Å². The molecule has 3 rings (SSSR count). The second kappa shape index (κ2) is 10.6. The molecule has 1 atom stereocenters. The minimum atomic E-state index is 0.00475. The van der Waals surface area contributed by atoms with Gasteiger partial charge in [-0.2, -0.15) is 0 Å². The Morgan fingerprint density at radius 3 is 2.52 bits per heavy atom. The molecule has 3 aliphatic rings. The van der Waals surface area contributed by atoms with Gasteiger partial charge in [-0.3, -0.25) is 14.7 Å². The lowest BCUT2D eigenvalue weighted by molar-refractivity contribution is -0.135. The molecule has 1 unspecified atom stereocenters. The van der Waals surface area contributed by atoms with Gasteiger partial charge in [-0.05, 0) is 40.0 Å². The summed E-state index contributed by atoms with van der Waals surface area (Å²) in [7, 11) is 0. The average molecular weight is 408 g/mol. The maximum absolute atomic E-state index is 12.8. The van der Waals surface area contributed by atoms with Crippen LogP contribution in [0.1, 0.15) is 59.3 Å². The highest BCUT2D eigenvalue weighted by molar-refractivity contribution is 5.81. The van der Waals surface area contributed by atoms with Crippen molar-refractivity contribution in [3.63, 3.8) is 0 Å². The minimum Gasteiger partial charge on any atom is -0.379 e. The number of carbonyl (C=O) groups excluding carboxylic acids is 1. The summed E-state index contributed by atoms with van der Waals surface area (Å²) in [6.07, 6.45) is 6.86. The van der Waals surface area contributed by atoms with Crippen molar-refractivity contribution in [2.75, 3.05) is 52.5 Å². The highest BCUT2D eigenvalue weighted by Crippen LogP contribution is 2.26. The van der Waals surface area contributed by atoms with Crippen LogP contribution in [0.5, 0.6) is 0 Å². The van der Waals surface area contributed by atoms with Gasteiger partial charge in [-0.15, -0.1) is 0 Å². The molecule has 2 saturated heterocycles. The Labute approximate surface area is 176 Å². The molecule has 7 nitrogen and oxygen atoms in total. The van der Waals surface area contributed by atoms with Gasteiger partial charge in [0, 0.05) is 50.2 Å². The van der Waals surface area contributed by atoms with E-state index in [-0.39, 0.29) is 17.5 Å². The second-order valence-corrected chi connectivity index (χ2v) is 9.36. The third-order valence-electron chi connectivity index (χ3n) is 6.63. The van der Waals surface area contributed by atoms with Crippen LogP contribution in [0.25, 0.3) is 0 Å². The van der Waals surface area contributed by atoms with Crippen LogP contribution in [0.15, 0.2) is 4.99 Å². The van der Waals surface area contributed by atoms with Crippen molar-refractivity contribution < 1.29 is 9.53 Å². The van der Waals surface area contributed by atoms with Crippen LogP contribution in [0, 0.1) is 5.92 Å². The van der Waals surface area contributed by atoms with E-state index in [9.17, 15) is 4.79 Å². The number of likely N-dealkylation sites (tertiary alicyclic amines) is 1. The van der Waals surface area contributed by atoms with Gasteiger partial charge in [0.15, 0.2) is 5.96 Å². The van der Waals surface area contributed by atoms with E-state index in [0.29, 0.717) is 5.91 Å². The van der Waals surface area contributed by atoms with E-state index in [1.165, 1.54) is 19.3 Å². The average Bonchev–Trinajstić information content (AvgIpc) is 3.21. The lowest BCUT2D eigenvalue weighted by Gasteiger charge is -2.40. The summed E-state index contributed by atoms with van der Waals surface area (Å²) in [6, 6.07) is 0.284. The van der Waals surface area contributed by atoms with E-state index in [2.05, 4.69) is 41.2 Å². The number of hydrogen-bond acceptors (Lipinski definition) is 4. The van der Waals surface area contributed by atoms with Crippen molar-refractivity contribution in [3.8, 4) is 0 Å². The Kier molecular flexibility index (Phi) is 8.18. The van der Waals surface area contributed by atoms with Crippen LogP contribution in [0.2, 0.25) is 0 Å². The Bertz CT molecular complexity index is 553. The first-order valence-electron chi connectivity index (χ1n) is 11.7. The normalized spacial score (nSPS) is 25.3. The summed E-state index contributed by atoms with van der Waals surface area (Å²) in [5.74, 6) is 1.51. The quantitative estimate of drug-likeness (QED) is 0.519. The largest absolute Gasteiger partial charge is 0.379 e. The van der Waals surface area contributed by atoms with Crippen LogP contribution in [-0.2, 0) is 9.53 Å². The molecule has 0 spiro atoms. The zero-order valence-electron chi connectivity index (χ0n) is 18.7. The standard InChI is InChI=1S/C22H41N5O2/c1-4-23-21(24-17-22(2,3)27-12-14-29-15-13-27)25-19-10-11-26(16-19)20(28)18-8-6-5-7-9-18/h18-19H,4-17H2,1-3H3,(H2,23,24,25). The fraction of sp³-hybridized carbons (Fsp3) is 0.909. The van der Waals surface area contributed by atoms with Gasteiger partial charge in [0.1, 0.15) is 0 Å². The van der Waals surface area contributed by atoms with Crippen molar-refractivity contribution in [2.24, 2.45) is 10.9 Å². The zero-order chi connectivity index (χ0) is 20.7. The number of aliphatic imine (C=N–C) groups is 1. The molecule has 0 aromatic rings. The van der Waals surface area contributed by atoms with E-state index in [4.69, 9.17) is 9.73 Å². The number of carbonyl (C=O) groups is 1. The van der Waals surface area contributed by atoms with Gasteiger partial charge >= 0.3 is 0 Å². The molecule has 1 saturated carbocycles. The van der Waals surface area contributed by atoms with E-state index >= 15 is 0 Å². The van der Waals surface area contributed by atoms with Gasteiger partial charge < -0.3 is 20.3 Å². The van der Waals surface area contributed by atoms with E-state index in [1.807, 2.05) is 0 Å². The van der Waals surface area contributed by atoms with E-state index in [1.54, 1.807) is 0 Å². The third kappa shape index (κ3) is 6.32. The number of rotatable bonds is 6. The molecule has 0 aromatic heterocycles. The highest BCUT2D eigenvalue weighted by atomic mass is 16.5. The van der Waals surface area contributed by atoms with Gasteiger partial charge in [0.2, 0.25) is 5.91 Å². The van der Waals surface area contributed by atoms with Crippen LogP contribution in [-0.4, -0.2) is 85.7 Å². The lowest BCUT2D eigenvalue weighted by Crippen LogP contribution is -2.52. The molecule has 29 heavy (non-hydrogen) atoms. The van der Waals surface area contributed by atoms with Crippen molar-refractivity contribution in [3.05, 3.63) is 0 Å². The zero-order valence-corrected chi connectivity index (χ0v) is 18.7. The molecule has 166 valence electrons. The summed E-state index contributed by atoms with van der Waals surface area (Å²) < 4.78 is 5.49. The topological polar surface area (TPSA) is 69.2 Å². The van der Waals surface area contributed by atoms with Crippen molar-refractivity contribution in [2.45, 2.75) is 70.9 Å². The van der Waals surface area contributed by atoms with Gasteiger partial charge in [-0.1, -0.05) is 19.3 Å². The van der Waals surface area contributed by atoms with Gasteiger partial charge in [-0.25, -0.2) is 0 Å². The molecular formula is C22H41N5O2. The molecule has 2 aliphatic heterocycles. The number of guanidine groups is 1. The summed E-state index contributed by atoms with van der Waals surface area (Å²) >= 11 is 0. The molecular weight excluding hydrogens is 366 g/mol. The van der Waals surface area contributed by atoms with Crippen molar-refractivity contribution >= 4 is 11.9 Å². The third-order valence-corrected chi connectivity index (χ3v) is 6.63. The molecule has 0 radical (unpaired) electrons. The van der Waals surface area contributed by atoms with Crippen LogP contribution in [0.4, 0.5) is 0 Å². The highest BCUT2D eigenvalue weighted by Gasteiger charge is 2.32. The summed E-state index contributed by atoms with van der Waals surface area (Å²) in [6.45, 7) is 13.4. The summed E-state index contributed by atoms with van der Waals surface area (Å²) in [5, 5.41) is 6.97. The maximum Gasteiger partial charge on any atom is 0.225 e. The number of hydrogen-bond donors (Lipinski definition) is 2. The monoisotopic (exact) mass is 407 g/mol. The predicted molar refractivity (Wildman–Crippen MR) is 117 cm³/mol. The Morgan fingerprint density at radius 1 is 1.10 bits per heavy atom. The number of amides is 1. The minimum absolute atomic E-state index is 0.00475. The molecule has 7 heteroatoms. The predicted octanol–water partition coefficient (Wildman–Crippen LogP) is 1.83. The molecule has 3 fully saturated rings. The fourth-order valence-corrected chi connectivity index (χ4v) is 4.74. The summed E-state index contributed by atoms with van der Waals surface area (Å²) in [4.78, 5) is 22.3. The van der Waals surface area contributed by atoms with E-state index in [0.717, 1.165) is 77.7 Å². The number of ether oxygens (including phenoxy) is 1. The second-order valence-electron chi connectivity index (χ2n) is 9.36. The molecule has 2 N–H and O–H groups in total. The Balaban J connectivity index is 1.51. The van der Waals surface area contributed by atoms with E-state index < -0.39 is 0 Å². The molecule has 0 bridgehead atoms. The number of morpholine rings is 1. The molecule has 1 aliphatic carbocycles. The SMILES string of the molecule is CCNC(=NCC(C)(C)N1CCOCC1)NC1CCN(C(=O)C2CCCCC2)C1. The molecule has 2 heterocycles. The first-order valence-corrected chi connectivity index (χ1v) is 11.7. The molecule has 1 amide bonds. The first kappa shape index (κ1) is 22.3. The maximum atomic E-state index is 12.8. The van der Waals surface area contributed by atoms with Crippen molar-refractivity contribution in [1.29, 1.82) is 0 Å². The number of nitrogens with one attached hydrogen (secondary N) is 2. The molecule has 0 aromatic carbocycles. The number of nitrogens with zero attached hydrogens (tertiary/aromatic N) is 3. The van der Waals surface area contributed by atoms with Crippen LogP contribution < -0.4 is 10.6 Å². The van der Waals surface area contributed by atoms with Gasteiger partial charge in [0.05, 0.1) is 19.8 Å².